The number of ether oxygens (including phenoxy) is 1. The molecule has 2 rings (SSSR count). The lowest BCUT2D eigenvalue weighted by atomic mass is 10.1. The van der Waals surface area contributed by atoms with Crippen LogP contribution in [0.3, 0.4) is 0 Å². The molecule has 0 radical (unpaired) electrons. The van der Waals surface area contributed by atoms with Crippen LogP contribution in [-0.4, -0.2) is 49.2 Å². The fourth-order valence-corrected chi connectivity index (χ4v) is 2.87. The van der Waals surface area contributed by atoms with Crippen molar-refractivity contribution in [1.29, 1.82) is 0 Å². The second kappa shape index (κ2) is 7.10. The van der Waals surface area contributed by atoms with E-state index in [0.717, 1.165) is 45.5 Å². The predicted molar refractivity (Wildman–Crippen MR) is 71.5 cm³/mol. The van der Waals surface area contributed by atoms with Crippen LogP contribution in [0.15, 0.2) is 0 Å². The number of nitrogens with one attached hydrogen (secondary N) is 1. The van der Waals surface area contributed by atoms with Crippen LogP contribution in [0.5, 0.6) is 0 Å². The molecular formula is C14H26N2O2. The van der Waals surface area contributed by atoms with Crippen molar-refractivity contribution in [3.8, 4) is 0 Å². The van der Waals surface area contributed by atoms with E-state index in [0.29, 0.717) is 0 Å². The van der Waals surface area contributed by atoms with Crippen LogP contribution < -0.4 is 5.32 Å². The Bertz CT molecular complexity index is 257. The zero-order valence-electron chi connectivity index (χ0n) is 11.5. The van der Waals surface area contributed by atoms with Gasteiger partial charge >= 0.3 is 0 Å². The summed E-state index contributed by atoms with van der Waals surface area (Å²) in [6.07, 6.45) is 7.09. The third-order valence-corrected chi connectivity index (χ3v) is 4.00. The Morgan fingerprint density at radius 1 is 1.28 bits per heavy atom. The summed E-state index contributed by atoms with van der Waals surface area (Å²) >= 11 is 0. The van der Waals surface area contributed by atoms with Gasteiger partial charge in [0.05, 0.1) is 12.1 Å². The molecule has 2 aliphatic rings. The fraction of sp³-hybridized carbons (Fsp3) is 0.929. The minimum absolute atomic E-state index is 0.0360. The highest BCUT2D eigenvalue weighted by Crippen LogP contribution is 2.15. The number of hydrogen-bond acceptors (Lipinski definition) is 3. The van der Waals surface area contributed by atoms with E-state index in [1.165, 1.54) is 19.3 Å². The summed E-state index contributed by atoms with van der Waals surface area (Å²) in [5, 5.41) is 3.39. The topological polar surface area (TPSA) is 41.6 Å². The number of rotatable bonds is 4. The molecule has 2 aliphatic heterocycles. The highest BCUT2D eigenvalue weighted by molar-refractivity contribution is 5.81. The second-order valence-electron chi connectivity index (χ2n) is 5.37. The number of carbonyl (C=O) groups excluding carboxylic acids is 1. The van der Waals surface area contributed by atoms with E-state index in [9.17, 15) is 4.79 Å². The molecule has 4 nitrogen and oxygen atoms in total. The van der Waals surface area contributed by atoms with Gasteiger partial charge in [-0.25, -0.2) is 0 Å². The molecule has 0 saturated carbocycles. The maximum atomic E-state index is 12.5. The molecule has 0 spiro atoms. The van der Waals surface area contributed by atoms with Gasteiger partial charge in [-0.2, -0.15) is 0 Å². The number of carbonyl (C=O) groups is 1. The lowest BCUT2D eigenvalue weighted by Crippen LogP contribution is -2.48. The van der Waals surface area contributed by atoms with Crippen LogP contribution in [0.25, 0.3) is 0 Å². The van der Waals surface area contributed by atoms with Crippen molar-refractivity contribution in [3.63, 3.8) is 0 Å². The molecule has 0 bridgehead atoms. The zero-order chi connectivity index (χ0) is 12.8. The Morgan fingerprint density at radius 2 is 2.17 bits per heavy atom. The minimum Gasteiger partial charge on any atom is -0.376 e. The van der Waals surface area contributed by atoms with Crippen molar-refractivity contribution < 1.29 is 9.53 Å². The zero-order valence-corrected chi connectivity index (χ0v) is 11.5. The molecule has 104 valence electrons. The van der Waals surface area contributed by atoms with E-state index in [-0.39, 0.29) is 18.1 Å². The van der Waals surface area contributed by atoms with Gasteiger partial charge in [0.25, 0.3) is 0 Å². The molecule has 0 aromatic carbocycles. The van der Waals surface area contributed by atoms with Crippen molar-refractivity contribution in [1.82, 2.24) is 10.2 Å². The van der Waals surface area contributed by atoms with E-state index in [1.807, 2.05) is 4.90 Å². The highest BCUT2D eigenvalue weighted by atomic mass is 16.5. The SMILES string of the molecule is CCN(CC1CCCO1)C(=O)C1CCCCCN1. The first-order valence-corrected chi connectivity index (χ1v) is 7.45. The first kappa shape index (κ1) is 13.8. The van der Waals surface area contributed by atoms with Gasteiger partial charge in [-0.05, 0) is 39.2 Å². The van der Waals surface area contributed by atoms with E-state index in [4.69, 9.17) is 4.74 Å². The Balaban J connectivity index is 1.86. The fourth-order valence-electron chi connectivity index (χ4n) is 2.87. The average molecular weight is 254 g/mol. The lowest BCUT2D eigenvalue weighted by molar-refractivity contribution is -0.134. The van der Waals surface area contributed by atoms with Crippen molar-refractivity contribution in [2.45, 2.75) is 57.6 Å². The molecule has 0 aromatic rings. The van der Waals surface area contributed by atoms with Gasteiger partial charge in [0.1, 0.15) is 0 Å². The number of likely N-dealkylation sites (N-methyl/N-ethyl adjacent to an activating group) is 1. The number of nitrogens with zero attached hydrogens (tertiary/aromatic N) is 1. The van der Waals surface area contributed by atoms with Gasteiger partial charge in [0.2, 0.25) is 5.91 Å². The molecule has 0 aliphatic carbocycles. The summed E-state index contributed by atoms with van der Waals surface area (Å²) in [5.74, 6) is 0.273. The standard InChI is InChI=1S/C14H26N2O2/c1-2-16(11-12-7-6-10-18-12)14(17)13-8-4-3-5-9-15-13/h12-13,15H,2-11H2,1H3. The molecule has 2 saturated heterocycles. The smallest absolute Gasteiger partial charge is 0.239 e. The van der Waals surface area contributed by atoms with Crippen molar-refractivity contribution in [2.75, 3.05) is 26.2 Å². The summed E-state index contributed by atoms with van der Waals surface area (Å²) in [4.78, 5) is 14.4. The van der Waals surface area contributed by atoms with Crippen LogP contribution >= 0.6 is 0 Å². The predicted octanol–water partition coefficient (Wildman–Crippen LogP) is 1.55. The van der Waals surface area contributed by atoms with Crippen LogP contribution in [0.2, 0.25) is 0 Å². The maximum Gasteiger partial charge on any atom is 0.239 e. The summed E-state index contributed by atoms with van der Waals surface area (Å²) in [6.45, 7) is 5.46. The number of amides is 1. The van der Waals surface area contributed by atoms with Gasteiger partial charge in [-0.3, -0.25) is 4.79 Å². The van der Waals surface area contributed by atoms with Crippen molar-refractivity contribution >= 4 is 5.91 Å². The van der Waals surface area contributed by atoms with Crippen LogP contribution in [0, 0.1) is 0 Å². The van der Waals surface area contributed by atoms with Gasteiger partial charge < -0.3 is 15.0 Å². The van der Waals surface area contributed by atoms with E-state index < -0.39 is 0 Å². The molecule has 2 heterocycles. The first-order chi connectivity index (χ1) is 8.81. The molecule has 4 heteroatoms. The van der Waals surface area contributed by atoms with Crippen molar-refractivity contribution in [2.24, 2.45) is 0 Å². The largest absolute Gasteiger partial charge is 0.376 e. The molecule has 1 amide bonds. The summed E-state index contributed by atoms with van der Waals surface area (Å²) in [7, 11) is 0. The summed E-state index contributed by atoms with van der Waals surface area (Å²) < 4.78 is 5.63. The monoisotopic (exact) mass is 254 g/mol. The normalized spacial score (nSPS) is 28.9. The van der Waals surface area contributed by atoms with Crippen molar-refractivity contribution in [3.05, 3.63) is 0 Å². The van der Waals surface area contributed by atoms with Gasteiger partial charge in [-0.15, -0.1) is 0 Å². The van der Waals surface area contributed by atoms with E-state index >= 15 is 0 Å². The Morgan fingerprint density at radius 3 is 2.89 bits per heavy atom. The maximum absolute atomic E-state index is 12.5. The molecular weight excluding hydrogens is 228 g/mol. The summed E-state index contributed by atoms with van der Waals surface area (Å²) in [6, 6.07) is 0.0360. The van der Waals surface area contributed by atoms with Gasteiger partial charge in [-0.1, -0.05) is 12.8 Å². The first-order valence-electron chi connectivity index (χ1n) is 7.45. The second-order valence-corrected chi connectivity index (χ2v) is 5.37. The minimum atomic E-state index is 0.0360. The Hall–Kier alpha value is -0.610. The van der Waals surface area contributed by atoms with Gasteiger partial charge in [0, 0.05) is 19.7 Å². The third-order valence-electron chi connectivity index (χ3n) is 4.00. The molecule has 1 N–H and O–H groups in total. The van der Waals surface area contributed by atoms with Crippen LogP contribution in [0.1, 0.15) is 45.4 Å². The lowest BCUT2D eigenvalue weighted by Gasteiger charge is -2.28. The summed E-state index contributed by atoms with van der Waals surface area (Å²) in [5.41, 5.74) is 0. The molecule has 2 fully saturated rings. The molecule has 18 heavy (non-hydrogen) atoms. The third kappa shape index (κ3) is 3.69. The van der Waals surface area contributed by atoms with Crippen LogP contribution in [-0.2, 0) is 9.53 Å². The average Bonchev–Trinajstić information content (AvgIpc) is 2.75. The quantitative estimate of drug-likeness (QED) is 0.827. The molecule has 2 unspecified atom stereocenters. The van der Waals surface area contributed by atoms with Gasteiger partial charge in [0.15, 0.2) is 0 Å². The molecule has 0 aromatic heterocycles. The Kier molecular flexibility index (Phi) is 5.45. The van der Waals surface area contributed by atoms with E-state index in [2.05, 4.69) is 12.2 Å². The highest BCUT2D eigenvalue weighted by Gasteiger charge is 2.27. The molecule has 2 atom stereocenters. The number of hydrogen-bond donors (Lipinski definition) is 1. The van der Waals surface area contributed by atoms with E-state index in [1.54, 1.807) is 0 Å². The Labute approximate surface area is 110 Å². The van der Waals surface area contributed by atoms with Crippen LogP contribution in [0.4, 0.5) is 0 Å².